The van der Waals surface area contributed by atoms with E-state index in [1.807, 2.05) is 6.26 Å². The van der Waals surface area contributed by atoms with Gasteiger partial charge in [-0.3, -0.25) is 4.79 Å². The molecule has 0 saturated carbocycles. The summed E-state index contributed by atoms with van der Waals surface area (Å²) in [5, 5.41) is 13.5. The van der Waals surface area contributed by atoms with Crippen LogP contribution in [0.5, 0.6) is 0 Å². The number of hydrogen-bond acceptors (Lipinski definition) is 6. The smallest absolute Gasteiger partial charge is 0.326 e. The van der Waals surface area contributed by atoms with Crippen LogP contribution in [0, 0.1) is 5.92 Å². The second-order valence-corrected chi connectivity index (χ2v) is 9.89. The van der Waals surface area contributed by atoms with E-state index in [9.17, 15) is 23.1 Å². The first-order chi connectivity index (χ1) is 11.9. The lowest BCUT2D eigenvalue weighted by Crippen LogP contribution is -2.47. The van der Waals surface area contributed by atoms with Gasteiger partial charge in [-0.1, -0.05) is 6.07 Å². The van der Waals surface area contributed by atoms with Crippen molar-refractivity contribution in [2.75, 3.05) is 25.1 Å². The van der Waals surface area contributed by atoms with E-state index >= 15 is 0 Å². The van der Waals surface area contributed by atoms with Crippen molar-refractivity contribution in [1.29, 1.82) is 0 Å². The molecule has 1 saturated heterocycles. The van der Waals surface area contributed by atoms with Gasteiger partial charge in [0.2, 0.25) is 5.91 Å². The van der Waals surface area contributed by atoms with Gasteiger partial charge in [0.15, 0.2) is 0 Å². The molecule has 10 heteroatoms. The number of nitrogens with one attached hydrogen (secondary N) is 1. The number of carbonyl (C=O) groups excluding carboxylic acids is 1. The van der Waals surface area contributed by atoms with Gasteiger partial charge in [-0.05, 0) is 42.7 Å². The molecule has 2 N–H and O–H groups in total. The number of thioether (sulfide) groups is 1. The quantitative estimate of drug-likeness (QED) is 0.678. The second-order valence-electron chi connectivity index (χ2n) is 5.79. The molecular formula is C15H22N2O5S3. The Morgan fingerprint density at radius 2 is 2.12 bits per heavy atom. The Hall–Kier alpha value is -1.10. The van der Waals surface area contributed by atoms with E-state index in [2.05, 4.69) is 5.32 Å². The molecule has 0 spiro atoms. The van der Waals surface area contributed by atoms with E-state index in [0.717, 1.165) is 0 Å². The zero-order valence-electron chi connectivity index (χ0n) is 13.9. The lowest BCUT2D eigenvalue weighted by Gasteiger charge is -2.30. The first-order valence-electron chi connectivity index (χ1n) is 7.92. The van der Waals surface area contributed by atoms with Crippen LogP contribution in [0.15, 0.2) is 21.7 Å². The first-order valence-corrected chi connectivity index (χ1v) is 11.6. The third-order valence-corrected chi connectivity index (χ3v) is 8.05. The number of aliphatic carboxylic acids is 1. The Bertz CT molecular complexity index is 682. The Morgan fingerprint density at radius 1 is 1.44 bits per heavy atom. The monoisotopic (exact) mass is 406 g/mol. The van der Waals surface area contributed by atoms with Gasteiger partial charge in [0, 0.05) is 19.0 Å². The highest BCUT2D eigenvalue weighted by molar-refractivity contribution is 7.98. The average molecular weight is 407 g/mol. The molecule has 0 aromatic carbocycles. The fraction of sp³-hybridized carbons (Fsp3) is 0.600. The molecule has 1 fully saturated rings. The Morgan fingerprint density at radius 3 is 2.64 bits per heavy atom. The largest absolute Gasteiger partial charge is 0.480 e. The number of thiophene rings is 1. The summed E-state index contributed by atoms with van der Waals surface area (Å²) in [6.45, 7) is 0.530. The number of carbonyl (C=O) groups is 2. The summed E-state index contributed by atoms with van der Waals surface area (Å²) in [6, 6.07) is 2.37. The Labute approximate surface area is 155 Å². The van der Waals surface area contributed by atoms with Crippen molar-refractivity contribution in [2.45, 2.75) is 29.5 Å². The minimum absolute atomic E-state index is 0.265. The molecule has 0 aliphatic carbocycles. The van der Waals surface area contributed by atoms with Gasteiger partial charge in [0.05, 0.1) is 0 Å². The van der Waals surface area contributed by atoms with Crippen molar-refractivity contribution in [3.8, 4) is 0 Å². The predicted octanol–water partition coefficient (Wildman–Crippen LogP) is 1.47. The molecule has 1 aromatic rings. The Balaban J connectivity index is 1.91. The number of nitrogens with zero attached hydrogens (tertiary/aromatic N) is 1. The number of carboxylic acid groups (broad SMARTS) is 1. The molecule has 1 aliphatic heterocycles. The van der Waals surface area contributed by atoms with Crippen LogP contribution in [0.4, 0.5) is 0 Å². The van der Waals surface area contributed by atoms with Gasteiger partial charge in [-0.15, -0.1) is 11.3 Å². The fourth-order valence-electron chi connectivity index (χ4n) is 2.68. The summed E-state index contributed by atoms with van der Waals surface area (Å²) < 4.78 is 26.6. The molecule has 25 heavy (non-hydrogen) atoms. The summed E-state index contributed by atoms with van der Waals surface area (Å²) in [6.07, 6.45) is 3.04. The van der Waals surface area contributed by atoms with E-state index in [0.29, 0.717) is 29.2 Å². The average Bonchev–Trinajstić information content (AvgIpc) is 3.13. The first kappa shape index (κ1) is 20.2. The molecule has 7 nitrogen and oxygen atoms in total. The second kappa shape index (κ2) is 9.02. The highest BCUT2D eigenvalue weighted by atomic mass is 32.2. The van der Waals surface area contributed by atoms with E-state index in [4.69, 9.17) is 0 Å². The summed E-state index contributed by atoms with van der Waals surface area (Å²) in [7, 11) is -3.49. The maximum absolute atomic E-state index is 12.5. The molecule has 1 aliphatic rings. The zero-order chi connectivity index (χ0) is 18.4. The van der Waals surface area contributed by atoms with Gasteiger partial charge >= 0.3 is 5.97 Å². The zero-order valence-corrected chi connectivity index (χ0v) is 16.3. The molecule has 0 unspecified atom stereocenters. The molecule has 2 rings (SSSR count). The van der Waals surface area contributed by atoms with Crippen LogP contribution in [0.3, 0.4) is 0 Å². The predicted molar refractivity (Wildman–Crippen MR) is 98.4 cm³/mol. The minimum atomic E-state index is -3.49. The van der Waals surface area contributed by atoms with Crippen molar-refractivity contribution in [3.05, 3.63) is 17.5 Å². The molecule has 1 atom stereocenters. The summed E-state index contributed by atoms with van der Waals surface area (Å²) in [4.78, 5) is 23.5. The highest BCUT2D eigenvalue weighted by Crippen LogP contribution is 2.26. The lowest BCUT2D eigenvalue weighted by atomic mass is 9.96. The number of piperidine rings is 1. The molecule has 0 radical (unpaired) electrons. The van der Waals surface area contributed by atoms with Crippen LogP contribution in [0.25, 0.3) is 0 Å². The minimum Gasteiger partial charge on any atom is -0.480 e. The van der Waals surface area contributed by atoms with Crippen molar-refractivity contribution in [1.82, 2.24) is 9.62 Å². The van der Waals surface area contributed by atoms with E-state index < -0.39 is 22.0 Å². The molecule has 2 heterocycles. The van der Waals surface area contributed by atoms with Crippen molar-refractivity contribution in [2.24, 2.45) is 5.92 Å². The maximum Gasteiger partial charge on any atom is 0.326 e. The van der Waals surface area contributed by atoms with Crippen LogP contribution in [0.2, 0.25) is 0 Å². The van der Waals surface area contributed by atoms with E-state index in [1.165, 1.54) is 27.4 Å². The fourth-order valence-corrected chi connectivity index (χ4v) is 5.76. The third-order valence-electron chi connectivity index (χ3n) is 4.14. The topological polar surface area (TPSA) is 104 Å². The molecule has 1 aromatic heterocycles. The van der Waals surface area contributed by atoms with Gasteiger partial charge < -0.3 is 10.4 Å². The standard InChI is InChI=1S/C15H22N2O5S3/c1-23-10-6-12(15(19)20)16-14(18)11-4-7-17(8-5-11)25(21,22)13-3-2-9-24-13/h2-3,9,11-12H,4-8,10H2,1H3,(H,16,18)(H,19,20)/t12-/m0/s1. The number of amides is 1. The number of sulfonamides is 1. The van der Waals surface area contributed by atoms with Crippen molar-refractivity contribution < 1.29 is 23.1 Å². The molecule has 140 valence electrons. The number of rotatable bonds is 8. The number of carboxylic acids is 1. The van der Waals surface area contributed by atoms with Crippen LogP contribution >= 0.6 is 23.1 Å². The molecule has 1 amide bonds. The van der Waals surface area contributed by atoms with Gasteiger partial charge in [0.1, 0.15) is 10.3 Å². The van der Waals surface area contributed by atoms with E-state index in [-0.39, 0.29) is 24.9 Å². The summed E-state index contributed by atoms with van der Waals surface area (Å²) >= 11 is 2.70. The lowest BCUT2D eigenvalue weighted by molar-refractivity contribution is -0.142. The number of hydrogen-bond donors (Lipinski definition) is 2. The van der Waals surface area contributed by atoms with Crippen molar-refractivity contribution >= 4 is 45.0 Å². The van der Waals surface area contributed by atoms with Crippen LogP contribution in [-0.4, -0.2) is 60.8 Å². The van der Waals surface area contributed by atoms with Gasteiger partial charge in [-0.2, -0.15) is 16.1 Å². The van der Waals surface area contributed by atoms with Crippen molar-refractivity contribution in [3.63, 3.8) is 0 Å². The Kier molecular flexibility index (Phi) is 7.29. The summed E-state index contributed by atoms with van der Waals surface area (Å²) in [5.74, 6) is -1.05. The normalized spacial score (nSPS) is 18.0. The third kappa shape index (κ3) is 5.19. The van der Waals surface area contributed by atoms with Gasteiger partial charge in [0.25, 0.3) is 10.0 Å². The summed E-state index contributed by atoms with van der Waals surface area (Å²) in [5.41, 5.74) is 0. The van der Waals surface area contributed by atoms with Crippen LogP contribution in [-0.2, 0) is 19.6 Å². The van der Waals surface area contributed by atoms with Crippen LogP contribution < -0.4 is 5.32 Å². The molecular weight excluding hydrogens is 384 g/mol. The highest BCUT2D eigenvalue weighted by Gasteiger charge is 2.33. The SMILES string of the molecule is CSCC[C@H](NC(=O)C1CCN(S(=O)(=O)c2cccs2)CC1)C(=O)O. The van der Waals surface area contributed by atoms with Crippen LogP contribution in [0.1, 0.15) is 19.3 Å². The maximum atomic E-state index is 12.5. The molecule has 0 bridgehead atoms. The van der Waals surface area contributed by atoms with Gasteiger partial charge in [-0.25, -0.2) is 13.2 Å². The van der Waals surface area contributed by atoms with E-state index in [1.54, 1.807) is 17.5 Å².